The van der Waals surface area contributed by atoms with E-state index in [2.05, 4.69) is 31.6 Å². The second-order valence-corrected chi connectivity index (χ2v) is 6.13. The SMILES string of the molecule is O=C(NN=Cc1ccc(F)cc1)c1ccc(Cn2cc(Br)c([N+](=O)[O-])n2)o1. The highest BCUT2D eigenvalue weighted by Gasteiger charge is 2.19. The Morgan fingerprint density at radius 2 is 2.11 bits per heavy atom. The smallest absolute Gasteiger partial charge is 0.404 e. The lowest BCUT2D eigenvalue weighted by atomic mass is 10.2. The number of hydrogen-bond acceptors (Lipinski definition) is 6. The van der Waals surface area contributed by atoms with Crippen molar-refractivity contribution >= 4 is 33.9 Å². The van der Waals surface area contributed by atoms with Gasteiger partial charge in [0.2, 0.25) is 0 Å². The number of nitro groups is 1. The van der Waals surface area contributed by atoms with E-state index in [0.29, 0.717) is 11.3 Å². The van der Waals surface area contributed by atoms with Crippen molar-refractivity contribution in [2.24, 2.45) is 5.10 Å². The van der Waals surface area contributed by atoms with Crippen molar-refractivity contribution in [2.45, 2.75) is 6.54 Å². The van der Waals surface area contributed by atoms with Crippen LogP contribution in [0.1, 0.15) is 21.9 Å². The van der Waals surface area contributed by atoms with Gasteiger partial charge in [-0.25, -0.2) is 9.82 Å². The van der Waals surface area contributed by atoms with Gasteiger partial charge in [0.25, 0.3) is 0 Å². The topological polar surface area (TPSA) is 116 Å². The van der Waals surface area contributed by atoms with E-state index < -0.39 is 10.8 Å². The van der Waals surface area contributed by atoms with Gasteiger partial charge in [-0.2, -0.15) is 9.78 Å². The highest BCUT2D eigenvalue weighted by atomic mass is 79.9. The summed E-state index contributed by atoms with van der Waals surface area (Å²) in [7, 11) is 0. The molecule has 0 unspecified atom stereocenters. The molecule has 9 nitrogen and oxygen atoms in total. The fourth-order valence-corrected chi connectivity index (χ4v) is 2.57. The quantitative estimate of drug-likeness (QED) is 0.362. The number of carbonyl (C=O) groups excluding carboxylic acids is 1. The molecular formula is C16H11BrFN5O4. The molecule has 0 aliphatic carbocycles. The average molecular weight is 436 g/mol. The van der Waals surface area contributed by atoms with Crippen LogP contribution in [0.3, 0.4) is 0 Å². The Balaban J connectivity index is 1.61. The molecule has 0 bridgehead atoms. The summed E-state index contributed by atoms with van der Waals surface area (Å²) >= 11 is 3.05. The number of rotatable bonds is 6. The summed E-state index contributed by atoms with van der Waals surface area (Å²) < 4.78 is 19.8. The first-order chi connectivity index (χ1) is 12.9. The third-order valence-electron chi connectivity index (χ3n) is 3.33. The van der Waals surface area contributed by atoms with Crippen LogP contribution in [-0.4, -0.2) is 26.8 Å². The van der Waals surface area contributed by atoms with Gasteiger partial charge in [-0.3, -0.25) is 4.79 Å². The van der Waals surface area contributed by atoms with Gasteiger partial charge in [0.1, 0.15) is 22.6 Å². The number of nitrogens with zero attached hydrogens (tertiary/aromatic N) is 4. The molecule has 0 fully saturated rings. The van der Waals surface area contributed by atoms with Gasteiger partial charge >= 0.3 is 11.7 Å². The summed E-state index contributed by atoms with van der Waals surface area (Å²) in [6, 6.07) is 8.58. The summed E-state index contributed by atoms with van der Waals surface area (Å²) in [5, 5.41) is 18.4. The van der Waals surface area contributed by atoms with Crippen molar-refractivity contribution in [3.05, 3.63) is 80.1 Å². The van der Waals surface area contributed by atoms with Crippen LogP contribution in [0.15, 0.2) is 56.6 Å². The summed E-state index contributed by atoms with van der Waals surface area (Å²) in [6.07, 6.45) is 2.80. The Bertz CT molecular complexity index is 1010. The van der Waals surface area contributed by atoms with E-state index >= 15 is 0 Å². The fraction of sp³-hybridized carbons (Fsp3) is 0.0625. The molecule has 27 heavy (non-hydrogen) atoms. The lowest BCUT2D eigenvalue weighted by molar-refractivity contribution is -0.390. The van der Waals surface area contributed by atoms with E-state index in [9.17, 15) is 19.3 Å². The van der Waals surface area contributed by atoms with Crippen LogP contribution in [0, 0.1) is 15.9 Å². The maximum absolute atomic E-state index is 12.8. The predicted molar refractivity (Wildman–Crippen MR) is 95.9 cm³/mol. The van der Waals surface area contributed by atoms with Crippen molar-refractivity contribution in [1.29, 1.82) is 0 Å². The number of aromatic nitrogens is 2. The van der Waals surface area contributed by atoms with Crippen molar-refractivity contribution in [2.75, 3.05) is 0 Å². The highest BCUT2D eigenvalue weighted by Crippen LogP contribution is 2.22. The van der Waals surface area contributed by atoms with Gasteiger partial charge in [0.15, 0.2) is 5.76 Å². The lowest BCUT2D eigenvalue weighted by Gasteiger charge is -1.97. The molecule has 0 spiro atoms. The van der Waals surface area contributed by atoms with Crippen molar-refractivity contribution < 1.29 is 18.5 Å². The number of furan rings is 1. The maximum Gasteiger partial charge on any atom is 0.404 e. The molecule has 138 valence electrons. The zero-order valence-corrected chi connectivity index (χ0v) is 15.1. The monoisotopic (exact) mass is 435 g/mol. The fourth-order valence-electron chi connectivity index (χ4n) is 2.11. The molecule has 0 radical (unpaired) electrons. The van der Waals surface area contributed by atoms with Crippen LogP contribution >= 0.6 is 15.9 Å². The van der Waals surface area contributed by atoms with E-state index in [-0.39, 0.29) is 28.4 Å². The van der Waals surface area contributed by atoms with E-state index in [1.165, 1.54) is 47.4 Å². The number of hydrazone groups is 1. The third kappa shape index (κ3) is 4.64. The van der Waals surface area contributed by atoms with Crippen molar-refractivity contribution in [3.63, 3.8) is 0 Å². The van der Waals surface area contributed by atoms with Crippen LogP contribution in [0.2, 0.25) is 0 Å². The number of carbonyl (C=O) groups is 1. The zero-order chi connectivity index (χ0) is 19.4. The zero-order valence-electron chi connectivity index (χ0n) is 13.5. The lowest BCUT2D eigenvalue weighted by Crippen LogP contribution is -2.16. The molecule has 1 amide bonds. The van der Waals surface area contributed by atoms with Gasteiger partial charge < -0.3 is 14.5 Å². The highest BCUT2D eigenvalue weighted by molar-refractivity contribution is 9.10. The molecular weight excluding hydrogens is 425 g/mol. The van der Waals surface area contributed by atoms with Crippen LogP contribution in [0.4, 0.5) is 10.2 Å². The average Bonchev–Trinajstić information content (AvgIpc) is 3.23. The molecule has 1 aromatic carbocycles. The predicted octanol–water partition coefficient (Wildman–Crippen LogP) is 3.10. The first-order valence-corrected chi connectivity index (χ1v) is 8.26. The van der Waals surface area contributed by atoms with Gasteiger partial charge in [-0.05, 0) is 50.7 Å². The molecule has 11 heteroatoms. The molecule has 0 aliphatic rings. The molecule has 1 N–H and O–H groups in total. The molecule has 3 aromatic rings. The molecule has 0 saturated carbocycles. The Hall–Kier alpha value is -3.34. The van der Waals surface area contributed by atoms with Gasteiger partial charge in [0, 0.05) is 0 Å². The second kappa shape index (κ2) is 7.91. The van der Waals surface area contributed by atoms with E-state index in [4.69, 9.17) is 4.42 Å². The number of nitrogens with one attached hydrogen (secondary N) is 1. The molecule has 3 rings (SSSR count). The summed E-state index contributed by atoms with van der Waals surface area (Å²) in [5.74, 6) is -0.856. The molecule has 0 atom stereocenters. The van der Waals surface area contributed by atoms with Crippen molar-refractivity contribution in [1.82, 2.24) is 15.2 Å². The first-order valence-electron chi connectivity index (χ1n) is 7.47. The first kappa shape index (κ1) is 18.5. The minimum absolute atomic E-state index is 0.0157. The minimum atomic E-state index is -0.610. The molecule has 0 aliphatic heterocycles. The summed E-state index contributed by atoms with van der Waals surface area (Å²) in [4.78, 5) is 22.2. The standard InChI is InChI=1S/C16H11BrFN5O4/c17-13-9-22(21-15(13)23(25)26)8-12-5-6-14(27-12)16(24)20-19-7-10-1-3-11(18)4-2-10/h1-7,9H,8H2,(H,20,24). The Morgan fingerprint density at radius 1 is 1.37 bits per heavy atom. The molecule has 2 heterocycles. The van der Waals surface area contributed by atoms with E-state index in [1.54, 1.807) is 6.07 Å². The van der Waals surface area contributed by atoms with Crippen LogP contribution < -0.4 is 5.43 Å². The number of benzene rings is 1. The summed E-state index contributed by atoms with van der Waals surface area (Å²) in [6.45, 7) is 0.110. The number of halogens is 2. The normalized spacial score (nSPS) is 11.0. The Kier molecular flexibility index (Phi) is 5.41. The van der Waals surface area contributed by atoms with Crippen LogP contribution in [0.5, 0.6) is 0 Å². The molecule has 2 aromatic heterocycles. The van der Waals surface area contributed by atoms with E-state index in [1.807, 2.05) is 0 Å². The largest absolute Gasteiger partial charge is 0.454 e. The Morgan fingerprint density at radius 3 is 2.78 bits per heavy atom. The Labute approximate surface area is 159 Å². The van der Waals surface area contributed by atoms with Gasteiger partial charge in [-0.15, -0.1) is 0 Å². The summed E-state index contributed by atoms with van der Waals surface area (Å²) in [5.41, 5.74) is 2.90. The third-order valence-corrected chi connectivity index (χ3v) is 3.88. The number of hydrogen-bond donors (Lipinski definition) is 1. The maximum atomic E-state index is 12.8. The van der Waals surface area contributed by atoms with Crippen LogP contribution in [-0.2, 0) is 6.54 Å². The van der Waals surface area contributed by atoms with Crippen molar-refractivity contribution in [3.8, 4) is 0 Å². The minimum Gasteiger partial charge on any atom is -0.454 e. The van der Waals surface area contributed by atoms with Gasteiger partial charge in [0.05, 0.1) is 17.5 Å². The van der Waals surface area contributed by atoms with E-state index in [0.717, 1.165) is 0 Å². The molecule has 0 saturated heterocycles. The number of amides is 1. The van der Waals surface area contributed by atoms with Crippen LogP contribution in [0.25, 0.3) is 0 Å². The second-order valence-electron chi connectivity index (χ2n) is 5.27. The van der Waals surface area contributed by atoms with Gasteiger partial charge in [-0.1, -0.05) is 12.1 Å².